The fourth-order valence-electron chi connectivity index (χ4n) is 4.39. The number of hydrogen-bond acceptors (Lipinski definition) is 7. The van der Waals surface area contributed by atoms with E-state index in [4.69, 9.17) is 4.98 Å². The van der Waals surface area contributed by atoms with Crippen molar-refractivity contribution < 1.29 is 5.11 Å². The van der Waals surface area contributed by atoms with Gasteiger partial charge in [0.25, 0.3) is 0 Å². The Balaban J connectivity index is 1.36. The molecule has 0 aliphatic rings. The summed E-state index contributed by atoms with van der Waals surface area (Å²) in [4.78, 5) is 17.1. The Morgan fingerprint density at radius 2 is 1.92 bits per heavy atom. The van der Waals surface area contributed by atoms with E-state index in [1.807, 2.05) is 30.6 Å². The summed E-state index contributed by atoms with van der Waals surface area (Å²) in [5.74, 6) is 0.686. The lowest BCUT2D eigenvalue weighted by Gasteiger charge is -2.14. The van der Waals surface area contributed by atoms with Gasteiger partial charge in [-0.3, -0.25) is 15.1 Å². The number of hydrogen-bond donors (Lipinski definition) is 4. The number of anilines is 1. The molecule has 5 aromatic heterocycles. The molecule has 0 aliphatic heterocycles. The zero-order chi connectivity index (χ0) is 24.5. The standard InChI is InChI=1S/C27H25N7OS/c1-2-3-4-24(35)30-19-9-18(11-28-12-19)16-5-6-22-20(10-16)26(34-33-22)27-31-23-14-29-13-21(25(23)32-27)17-7-8-36-15-17/h5-15,24,30,35H,2-4H2,1H3,(H,31,32)(H,33,34). The Labute approximate surface area is 211 Å². The molecule has 0 aliphatic carbocycles. The highest BCUT2D eigenvalue weighted by atomic mass is 32.1. The molecular formula is C27H25N7OS. The number of thiophene rings is 1. The second-order valence-electron chi connectivity index (χ2n) is 8.78. The van der Waals surface area contributed by atoms with Crippen molar-refractivity contribution in [1.82, 2.24) is 30.1 Å². The Morgan fingerprint density at radius 1 is 1.00 bits per heavy atom. The highest BCUT2D eigenvalue weighted by Gasteiger charge is 2.16. The van der Waals surface area contributed by atoms with Crippen LogP contribution in [0, 0.1) is 0 Å². The van der Waals surface area contributed by atoms with Crippen LogP contribution in [-0.4, -0.2) is 41.5 Å². The zero-order valence-electron chi connectivity index (χ0n) is 19.7. The highest BCUT2D eigenvalue weighted by Crippen LogP contribution is 2.33. The van der Waals surface area contributed by atoms with Gasteiger partial charge in [-0.2, -0.15) is 16.4 Å². The molecule has 0 saturated carbocycles. The van der Waals surface area contributed by atoms with Gasteiger partial charge in [-0.1, -0.05) is 19.4 Å². The van der Waals surface area contributed by atoms with Gasteiger partial charge in [0.15, 0.2) is 5.82 Å². The van der Waals surface area contributed by atoms with Crippen LogP contribution in [0.15, 0.2) is 65.9 Å². The van der Waals surface area contributed by atoms with E-state index in [9.17, 15) is 5.11 Å². The van der Waals surface area contributed by atoms with Crippen LogP contribution in [0.25, 0.3) is 55.7 Å². The van der Waals surface area contributed by atoms with Gasteiger partial charge in [-0.15, -0.1) is 0 Å². The molecule has 0 spiro atoms. The van der Waals surface area contributed by atoms with E-state index < -0.39 is 6.23 Å². The van der Waals surface area contributed by atoms with E-state index >= 15 is 0 Å². The third-order valence-electron chi connectivity index (χ3n) is 6.25. The van der Waals surface area contributed by atoms with Crippen LogP contribution in [0.3, 0.4) is 0 Å². The van der Waals surface area contributed by atoms with Gasteiger partial charge in [0.05, 0.1) is 29.1 Å². The topological polar surface area (TPSA) is 115 Å². The third-order valence-corrected chi connectivity index (χ3v) is 6.93. The van der Waals surface area contributed by atoms with E-state index in [1.54, 1.807) is 23.7 Å². The van der Waals surface area contributed by atoms with Crippen molar-refractivity contribution in [3.63, 3.8) is 0 Å². The monoisotopic (exact) mass is 495 g/mol. The minimum Gasteiger partial charge on any atom is -0.374 e. The maximum absolute atomic E-state index is 10.2. The van der Waals surface area contributed by atoms with Crippen LogP contribution < -0.4 is 5.32 Å². The van der Waals surface area contributed by atoms with Crippen molar-refractivity contribution >= 4 is 39.0 Å². The number of pyridine rings is 2. The lowest BCUT2D eigenvalue weighted by atomic mass is 10.0. The first kappa shape index (κ1) is 22.4. The summed E-state index contributed by atoms with van der Waals surface area (Å²) in [5.41, 5.74) is 8.24. The number of aliphatic hydroxyl groups is 1. The van der Waals surface area contributed by atoms with Gasteiger partial charge in [0.1, 0.15) is 17.4 Å². The molecule has 0 bridgehead atoms. The first-order valence-corrected chi connectivity index (χ1v) is 12.9. The van der Waals surface area contributed by atoms with Gasteiger partial charge in [0.2, 0.25) is 0 Å². The van der Waals surface area contributed by atoms with Crippen LogP contribution in [0.5, 0.6) is 0 Å². The molecule has 9 heteroatoms. The van der Waals surface area contributed by atoms with Crippen LogP contribution in [0.4, 0.5) is 5.69 Å². The normalized spacial score (nSPS) is 12.4. The number of aromatic nitrogens is 6. The quantitative estimate of drug-likeness (QED) is 0.187. The van der Waals surface area contributed by atoms with Crippen molar-refractivity contribution in [3.8, 4) is 33.8 Å². The molecule has 36 heavy (non-hydrogen) atoms. The van der Waals surface area contributed by atoms with Crippen molar-refractivity contribution in [2.45, 2.75) is 32.4 Å². The Hall–Kier alpha value is -4.08. The molecule has 4 N–H and O–H groups in total. The van der Waals surface area contributed by atoms with Crippen molar-refractivity contribution in [1.29, 1.82) is 0 Å². The average Bonchev–Trinajstić information content (AvgIpc) is 3.66. The largest absolute Gasteiger partial charge is 0.374 e. The maximum atomic E-state index is 10.2. The summed E-state index contributed by atoms with van der Waals surface area (Å²) >= 11 is 1.65. The number of nitrogens with one attached hydrogen (secondary N) is 3. The lowest BCUT2D eigenvalue weighted by molar-refractivity contribution is 0.190. The van der Waals surface area contributed by atoms with Gasteiger partial charge in [-0.05, 0) is 59.0 Å². The maximum Gasteiger partial charge on any atom is 0.159 e. The van der Waals surface area contributed by atoms with Gasteiger partial charge >= 0.3 is 0 Å². The number of rotatable bonds is 8. The molecule has 0 fully saturated rings. The summed E-state index contributed by atoms with van der Waals surface area (Å²) in [6, 6.07) is 10.2. The number of unbranched alkanes of at least 4 members (excludes halogenated alkanes) is 1. The second-order valence-corrected chi connectivity index (χ2v) is 9.56. The molecule has 1 aromatic carbocycles. The summed E-state index contributed by atoms with van der Waals surface area (Å²) in [6.07, 6.45) is 9.32. The molecule has 0 saturated heterocycles. The second kappa shape index (κ2) is 9.52. The molecule has 1 atom stereocenters. The summed E-state index contributed by atoms with van der Waals surface area (Å²) in [5, 5.41) is 26.2. The average molecular weight is 496 g/mol. The molecule has 180 valence electrons. The van der Waals surface area contributed by atoms with Crippen LogP contribution in [-0.2, 0) is 0 Å². The van der Waals surface area contributed by atoms with E-state index in [-0.39, 0.29) is 0 Å². The molecular weight excluding hydrogens is 470 g/mol. The molecule has 0 amide bonds. The number of imidazole rings is 1. The van der Waals surface area contributed by atoms with Crippen LogP contribution in [0.1, 0.15) is 26.2 Å². The molecule has 6 aromatic rings. The highest BCUT2D eigenvalue weighted by molar-refractivity contribution is 7.08. The Kier molecular flexibility index (Phi) is 5.92. The summed E-state index contributed by atoms with van der Waals surface area (Å²) in [7, 11) is 0. The van der Waals surface area contributed by atoms with Gasteiger partial charge in [0, 0.05) is 28.9 Å². The number of H-pyrrole nitrogens is 2. The lowest BCUT2D eigenvalue weighted by Crippen LogP contribution is -2.18. The molecule has 6 rings (SSSR count). The molecule has 5 heterocycles. The zero-order valence-corrected chi connectivity index (χ0v) is 20.5. The first-order chi connectivity index (χ1) is 17.7. The number of nitrogens with zero attached hydrogens (tertiary/aromatic N) is 4. The van der Waals surface area contributed by atoms with Gasteiger partial charge < -0.3 is 15.4 Å². The first-order valence-electron chi connectivity index (χ1n) is 11.9. The Morgan fingerprint density at radius 3 is 2.78 bits per heavy atom. The van der Waals surface area contributed by atoms with Crippen molar-refractivity contribution in [3.05, 3.63) is 65.9 Å². The van der Waals surface area contributed by atoms with Crippen molar-refractivity contribution in [2.75, 3.05) is 5.32 Å². The number of benzene rings is 1. The Bertz CT molecular complexity index is 1640. The third kappa shape index (κ3) is 4.23. The van der Waals surface area contributed by atoms with E-state index in [2.05, 4.69) is 60.3 Å². The smallest absolute Gasteiger partial charge is 0.159 e. The van der Waals surface area contributed by atoms with E-state index in [1.165, 1.54) is 0 Å². The van der Waals surface area contributed by atoms with Gasteiger partial charge in [-0.25, -0.2) is 4.98 Å². The predicted octanol–water partition coefficient (Wildman–Crippen LogP) is 6.21. The fraction of sp³-hybridized carbons (Fsp3) is 0.185. The van der Waals surface area contributed by atoms with Crippen LogP contribution in [0.2, 0.25) is 0 Å². The molecule has 1 unspecified atom stereocenters. The van der Waals surface area contributed by atoms with Crippen LogP contribution >= 0.6 is 11.3 Å². The van der Waals surface area contributed by atoms with E-state index in [0.29, 0.717) is 12.2 Å². The number of fused-ring (bicyclic) bond motifs is 2. The predicted molar refractivity (Wildman–Crippen MR) is 145 cm³/mol. The molecule has 0 radical (unpaired) electrons. The summed E-state index contributed by atoms with van der Waals surface area (Å²) < 4.78 is 0. The minimum absolute atomic E-state index is 0.591. The van der Waals surface area contributed by atoms with E-state index in [0.717, 1.165) is 68.4 Å². The van der Waals surface area contributed by atoms with Crippen molar-refractivity contribution in [2.24, 2.45) is 0 Å². The molecule has 8 nitrogen and oxygen atoms in total. The SMILES string of the molecule is CCCCC(O)Nc1cncc(-c2ccc3[nH]nc(-c4nc5c(-c6ccsc6)cncc5[nH]4)c3c2)c1. The number of aliphatic hydroxyl groups excluding tert-OH is 1. The minimum atomic E-state index is -0.591. The number of aromatic amines is 2. The fourth-order valence-corrected chi connectivity index (χ4v) is 5.04. The summed E-state index contributed by atoms with van der Waals surface area (Å²) in [6.45, 7) is 2.11.